The molecule has 0 saturated carbocycles. The third-order valence-electron chi connectivity index (χ3n) is 6.64. The van der Waals surface area contributed by atoms with Crippen molar-refractivity contribution in [2.24, 2.45) is 0 Å². The molecular formula is C30H58O16P2. The average Bonchev–Trinajstić information content (AvgIpc) is 3.03. The van der Waals surface area contributed by atoms with Gasteiger partial charge in [0.15, 0.2) is 6.10 Å². The van der Waals surface area contributed by atoms with Crippen LogP contribution in [0.2, 0.25) is 0 Å². The summed E-state index contributed by atoms with van der Waals surface area (Å²) in [7, 11) is -9.62. The van der Waals surface area contributed by atoms with Crippen molar-refractivity contribution in [3.8, 4) is 0 Å². The zero-order valence-corrected chi connectivity index (χ0v) is 30.5. The van der Waals surface area contributed by atoms with Gasteiger partial charge in [0.25, 0.3) is 0 Å². The predicted molar refractivity (Wildman–Crippen MR) is 174 cm³/mol. The molecule has 0 bridgehead atoms. The van der Waals surface area contributed by atoms with Crippen LogP contribution in [0.3, 0.4) is 0 Å². The zero-order chi connectivity index (χ0) is 36.3. The summed E-state index contributed by atoms with van der Waals surface area (Å²) in [6.07, 6.45) is 8.86. The monoisotopic (exact) mass is 736 g/mol. The molecule has 5 atom stereocenters. The molecule has 0 spiro atoms. The van der Waals surface area contributed by atoms with E-state index in [1.807, 2.05) is 0 Å². The molecule has 0 aromatic rings. The minimum Gasteiger partial charge on any atom is -0.463 e. The van der Waals surface area contributed by atoms with Gasteiger partial charge in [0.05, 0.1) is 26.4 Å². The first-order chi connectivity index (χ1) is 22.7. The van der Waals surface area contributed by atoms with Gasteiger partial charge in [0.1, 0.15) is 25.4 Å². The normalized spacial score (nSPS) is 15.9. The molecule has 0 aliphatic heterocycles. The SMILES string of the molecule is CCCCCCCCCC(=O)OC[C@@H](O)COP(=O)(O)OC[C@H](O)COP(=O)(O)OC[C@@H](COC(C)=O)OC(=O)CCCCCCCC. The number of esters is 3. The predicted octanol–water partition coefficient (Wildman–Crippen LogP) is 4.88. The smallest absolute Gasteiger partial charge is 0.463 e. The molecule has 0 amide bonds. The molecule has 0 aliphatic rings. The van der Waals surface area contributed by atoms with E-state index in [9.17, 15) is 43.5 Å². The summed E-state index contributed by atoms with van der Waals surface area (Å²) < 4.78 is 58.0. The van der Waals surface area contributed by atoms with Crippen LogP contribution in [0.1, 0.15) is 117 Å². The summed E-state index contributed by atoms with van der Waals surface area (Å²) in [6, 6.07) is 0. The lowest BCUT2D eigenvalue weighted by molar-refractivity contribution is -0.160. The number of hydrogen-bond donors (Lipinski definition) is 4. The number of ether oxygens (including phenoxy) is 3. The van der Waals surface area contributed by atoms with E-state index in [0.29, 0.717) is 12.8 Å². The standard InChI is InChI=1S/C30H58O16P2/c1-4-6-8-10-12-14-15-17-29(34)41-19-26(32)20-42-47(36,37)43-21-27(33)22-44-48(38,39)45-24-28(23-40-25(3)31)46-30(35)18-16-13-11-9-7-5-2/h26-28,32-33H,4-24H2,1-3H3,(H,36,37)(H,38,39)/t26-,27+,28-/m1/s1. The minimum absolute atomic E-state index is 0.104. The van der Waals surface area contributed by atoms with Gasteiger partial charge >= 0.3 is 33.6 Å². The highest BCUT2D eigenvalue weighted by Gasteiger charge is 2.29. The van der Waals surface area contributed by atoms with E-state index in [-0.39, 0.29) is 12.8 Å². The van der Waals surface area contributed by atoms with Crippen LogP contribution in [0.15, 0.2) is 0 Å². The second-order valence-corrected chi connectivity index (χ2v) is 14.3. The third-order valence-corrected chi connectivity index (χ3v) is 8.54. The van der Waals surface area contributed by atoms with Gasteiger partial charge in [-0.15, -0.1) is 0 Å². The van der Waals surface area contributed by atoms with Crippen molar-refractivity contribution in [3.63, 3.8) is 0 Å². The Morgan fingerprint density at radius 3 is 1.40 bits per heavy atom. The van der Waals surface area contributed by atoms with Crippen molar-refractivity contribution in [2.75, 3.05) is 39.6 Å². The van der Waals surface area contributed by atoms with E-state index in [4.69, 9.17) is 18.7 Å². The van der Waals surface area contributed by atoms with Crippen LogP contribution in [0.25, 0.3) is 0 Å². The Kier molecular flexibility index (Phi) is 27.4. The highest BCUT2D eigenvalue weighted by atomic mass is 31.2. The largest absolute Gasteiger partial charge is 0.472 e. The lowest BCUT2D eigenvalue weighted by Crippen LogP contribution is -2.29. The molecule has 0 aromatic carbocycles. The molecule has 0 aromatic heterocycles. The van der Waals surface area contributed by atoms with Crippen molar-refractivity contribution < 1.29 is 75.8 Å². The molecule has 0 saturated heterocycles. The number of rotatable bonds is 32. The van der Waals surface area contributed by atoms with Crippen molar-refractivity contribution in [1.29, 1.82) is 0 Å². The van der Waals surface area contributed by atoms with Gasteiger partial charge in [0, 0.05) is 19.8 Å². The maximum absolute atomic E-state index is 12.3. The minimum atomic E-state index is -4.83. The van der Waals surface area contributed by atoms with Crippen LogP contribution in [0.4, 0.5) is 0 Å². The highest BCUT2D eigenvalue weighted by Crippen LogP contribution is 2.45. The number of carbonyl (C=O) groups excluding carboxylic acids is 3. The Labute approximate surface area is 284 Å². The summed E-state index contributed by atoms with van der Waals surface area (Å²) in [5.74, 6) is -1.78. The Morgan fingerprint density at radius 2 is 0.938 bits per heavy atom. The van der Waals surface area contributed by atoms with E-state index in [1.165, 1.54) is 12.8 Å². The van der Waals surface area contributed by atoms with Gasteiger partial charge in [-0.25, -0.2) is 9.13 Å². The van der Waals surface area contributed by atoms with Crippen LogP contribution < -0.4 is 0 Å². The Bertz CT molecular complexity index is 965. The van der Waals surface area contributed by atoms with Gasteiger partial charge in [-0.05, 0) is 12.8 Å². The molecule has 2 unspecified atom stereocenters. The Morgan fingerprint density at radius 1 is 0.542 bits per heavy atom. The van der Waals surface area contributed by atoms with Crippen LogP contribution >= 0.6 is 15.6 Å². The van der Waals surface area contributed by atoms with Crippen molar-refractivity contribution >= 4 is 33.6 Å². The summed E-state index contributed by atoms with van der Waals surface area (Å²) in [4.78, 5) is 54.9. The quantitative estimate of drug-likeness (QED) is 0.0312. The molecule has 48 heavy (non-hydrogen) atoms. The van der Waals surface area contributed by atoms with Gasteiger partial charge in [0.2, 0.25) is 0 Å². The molecule has 18 heteroatoms. The van der Waals surface area contributed by atoms with Crippen molar-refractivity contribution in [3.05, 3.63) is 0 Å². The summed E-state index contributed by atoms with van der Waals surface area (Å²) in [6.45, 7) is 1.33. The number of aliphatic hydroxyl groups is 2. The maximum Gasteiger partial charge on any atom is 0.472 e. The Hall–Kier alpha value is -1.45. The lowest BCUT2D eigenvalue weighted by atomic mass is 10.1. The van der Waals surface area contributed by atoms with Crippen molar-refractivity contribution in [2.45, 2.75) is 135 Å². The summed E-state index contributed by atoms with van der Waals surface area (Å²) >= 11 is 0. The fourth-order valence-corrected chi connectivity index (χ4v) is 5.58. The fourth-order valence-electron chi connectivity index (χ4n) is 4.00. The van der Waals surface area contributed by atoms with Gasteiger partial charge in [-0.2, -0.15) is 0 Å². The fraction of sp³-hybridized carbons (Fsp3) is 0.900. The van der Waals surface area contributed by atoms with Crippen molar-refractivity contribution in [1.82, 2.24) is 0 Å². The van der Waals surface area contributed by atoms with Crippen LogP contribution in [-0.4, -0.2) is 95.9 Å². The van der Waals surface area contributed by atoms with Crippen LogP contribution in [0, 0.1) is 0 Å². The zero-order valence-electron chi connectivity index (χ0n) is 28.7. The first-order valence-corrected chi connectivity index (χ1v) is 19.8. The number of phosphoric ester groups is 2. The van der Waals surface area contributed by atoms with Gasteiger partial charge in [-0.1, -0.05) is 84.5 Å². The first-order valence-electron chi connectivity index (χ1n) is 16.8. The number of aliphatic hydroxyl groups excluding tert-OH is 2. The highest BCUT2D eigenvalue weighted by molar-refractivity contribution is 7.47. The molecule has 16 nitrogen and oxygen atoms in total. The molecule has 0 heterocycles. The topological polar surface area (TPSA) is 231 Å². The number of unbranched alkanes of at least 4 members (excludes halogenated alkanes) is 11. The number of hydrogen-bond acceptors (Lipinski definition) is 14. The molecule has 284 valence electrons. The van der Waals surface area contributed by atoms with Crippen LogP contribution in [0.5, 0.6) is 0 Å². The second-order valence-electron chi connectivity index (χ2n) is 11.4. The molecule has 0 radical (unpaired) electrons. The van der Waals surface area contributed by atoms with E-state index >= 15 is 0 Å². The third kappa shape index (κ3) is 29.5. The number of phosphoric acid groups is 2. The van der Waals surface area contributed by atoms with E-state index in [2.05, 4.69) is 27.4 Å². The van der Waals surface area contributed by atoms with E-state index in [0.717, 1.165) is 64.7 Å². The van der Waals surface area contributed by atoms with Gasteiger partial charge in [-0.3, -0.25) is 32.5 Å². The molecular weight excluding hydrogens is 678 g/mol. The van der Waals surface area contributed by atoms with E-state index in [1.54, 1.807) is 0 Å². The van der Waals surface area contributed by atoms with E-state index < -0.39 is 91.5 Å². The molecule has 0 fully saturated rings. The Balaban J connectivity index is 4.40. The molecule has 0 aliphatic carbocycles. The molecule has 4 N–H and O–H groups in total. The first kappa shape index (κ1) is 46.5. The molecule has 0 rings (SSSR count). The van der Waals surface area contributed by atoms with Crippen LogP contribution in [-0.2, 0) is 55.8 Å². The second kappa shape index (κ2) is 28.3. The maximum atomic E-state index is 12.3. The lowest BCUT2D eigenvalue weighted by Gasteiger charge is -2.20. The van der Waals surface area contributed by atoms with Gasteiger partial charge < -0.3 is 34.2 Å². The summed E-state index contributed by atoms with van der Waals surface area (Å²) in [5.41, 5.74) is 0. The average molecular weight is 737 g/mol. The number of carbonyl (C=O) groups is 3. The summed E-state index contributed by atoms with van der Waals surface area (Å²) in [5, 5.41) is 19.9.